The Bertz CT molecular complexity index is 1550. The second-order valence-electron chi connectivity index (χ2n) is 7.85. The molecular weight excluding hydrogens is 517 g/mol. The largest absolute Gasteiger partial charge is 0.417 e. The molecule has 0 unspecified atom stereocenters. The van der Waals surface area contributed by atoms with Crippen molar-refractivity contribution >= 4 is 40.8 Å². The van der Waals surface area contributed by atoms with Gasteiger partial charge in [0.15, 0.2) is 0 Å². The van der Waals surface area contributed by atoms with Crippen LogP contribution in [0.2, 0.25) is 0 Å². The highest BCUT2D eigenvalue weighted by molar-refractivity contribution is 7.91. The summed E-state index contributed by atoms with van der Waals surface area (Å²) in [6, 6.07) is 8.83. The van der Waals surface area contributed by atoms with Gasteiger partial charge in [0.2, 0.25) is 10.0 Å². The Kier molecular flexibility index (Phi) is 6.07. The molecule has 2 heterocycles. The third-order valence-corrected chi connectivity index (χ3v) is 10.5. The highest BCUT2D eigenvalue weighted by Crippen LogP contribution is 2.39. The number of rotatable bonds is 5. The molecule has 0 aliphatic carbocycles. The molecule has 1 aliphatic heterocycles. The van der Waals surface area contributed by atoms with Crippen LogP contribution in [-0.2, 0) is 36.1 Å². The number of sulfonamides is 1. The van der Waals surface area contributed by atoms with E-state index in [4.69, 9.17) is 0 Å². The molecule has 14 heteroatoms. The minimum Gasteiger partial charge on any atom is -0.240 e. The Morgan fingerprint density at radius 3 is 2.12 bits per heavy atom. The maximum Gasteiger partial charge on any atom is 0.417 e. The summed E-state index contributed by atoms with van der Waals surface area (Å²) in [5.74, 6) is -0.531. The van der Waals surface area contributed by atoms with Crippen LogP contribution in [0, 0.1) is 0 Å². The van der Waals surface area contributed by atoms with E-state index in [1.54, 1.807) is 6.07 Å². The van der Waals surface area contributed by atoms with Crippen LogP contribution >= 0.6 is 0 Å². The molecule has 0 spiro atoms. The molecule has 0 atom stereocenters. The molecule has 1 saturated heterocycles. The average Bonchev–Trinajstić information content (AvgIpc) is 3.17. The molecule has 0 radical (unpaired) electrons. The van der Waals surface area contributed by atoms with Crippen LogP contribution in [0.4, 0.5) is 13.2 Å². The molecule has 34 heavy (non-hydrogen) atoms. The average molecular weight is 537 g/mol. The lowest BCUT2D eigenvalue weighted by molar-refractivity contribution is -0.136. The number of hydrogen-bond acceptors (Lipinski definition) is 6. The van der Waals surface area contributed by atoms with Gasteiger partial charge in [0.1, 0.15) is 14.7 Å². The van der Waals surface area contributed by atoms with Gasteiger partial charge >= 0.3 is 6.18 Å². The first kappa shape index (κ1) is 24.7. The normalized spacial score (nSPS) is 17.7. The van der Waals surface area contributed by atoms with Crippen molar-refractivity contribution in [2.45, 2.75) is 34.9 Å². The highest BCUT2D eigenvalue weighted by Gasteiger charge is 2.38. The smallest absolute Gasteiger partial charge is 0.240 e. The number of sulfone groups is 1. The van der Waals surface area contributed by atoms with Gasteiger partial charge in [0.05, 0.1) is 27.5 Å². The molecule has 1 aromatic heterocycles. The van der Waals surface area contributed by atoms with Crippen LogP contribution < -0.4 is 4.72 Å². The van der Waals surface area contributed by atoms with Crippen molar-refractivity contribution in [3.63, 3.8) is 0 Å². The second-order valence-corrected chi connectivity index (χ2v) is 13.7. The van der Waals surface area contributed by atoms with Crippen LogP contribution in [0.3, 0.4) is 0 Å². The number of aromatic nitrogens is 1. The summed E-state index contributed by atoms with van der Waals surface area (Å²) in [6.45, 7) is 0. The van der Waals surface area contributed by atoms with Crippen LogP contribution in [0.15, 0.2) is 64.5 Å². The fraction of sp³-hybridized carbons (Fsp3) is 0.300. The summed E-state index contributed by atoms with van der Waals surface area (Å²) >= 11 is 0. The summed E-state index contributed by atoms with van der Waals surface area (Å²) in [7, 11) is -12.4. The second kappa shape index (κ2) is 8.36. The molecule has 0 saturated carbocycles. The Morgan fingerprint density at radius 2 is 1.53 bits per heavy atom. The van der Waals surface area contributed by atoms with Crippen LogP contribution in [-0.4, -0.2) is 46.8 Å². The first-order valence-corrected chi connectivity index (χ1v) is 14.7. The lowest BCUT2D eigenvalue weighted by atomic mass is 10.1. The first-order valence-electron chi connectivity index (χ1n) is 9.97. The van der Waals surface area contributed by atoms with E-state index in [1.165, 1.54) is 24.3 Å². The van der Waals surface area contributed by atoms with Crippen molar-refractivity contribution in [1.82, 2.24) is 8.69 Å². The third kappa shape index (κ3) is 4.59. The Balaban J connectivity index is 1.91. The van der Waals surface area contributed by atoms with Crippen molar-refractivity contribution in [1.29, 1.82) is 0 Å². The van der Waals surface area contributed by atoms with Crippen molar-refractivity contribution in [2.75, 3.05) is 11.5 Å². The molecule has 2 aromatic carbocycles. The number of fused-ring (bicyclic) bond motifs is 1. The van der Waals surface area contributed by atoms with Gasteiger partial charge in [0, 0.05) is 17.6 Å². The zero-order valence-corrected chi connectivity index (χ0v) is 19.8. The van der Waals surface area contributed by atoms with Crippen LogP contribution in [0.5, 0.6) is 0 Å². The first-order chi connectivity index (χ1) is 15.7. The van der Waals surface area contributed by atoms with E-state index >= 15 is 0 Å². The zero-order valence-electron chi connectivity index (χ0n) is 17.4. The lowest BCUT2D eigenvalue weighted by Gasteiger charge is -2.22. The highest BCUT2D eigenvalue weighted by atomic mass is 32.2. The monoisotopic (exact) mass is 536 g/mol. The van der Waals surface area contributed by atoms with E-state index in [0.717, 1.165) is 12.1 Å². The zero-order chi connectivity index (χ0) is 24.9. The van der Waals surface area contributed by atoms with E-state index in [9.17, 15) is 38.4 Å². The summed E-state index contributed by atoms with van der Waals surface area (Å²) < 4.78 is 120. The third-order valence-electron chi connectivity index (χ3n) is 5.53. The van der Waals surface area contributed by atoms with Gasteiger partial charge in [-0.2, -0.15) is 13.2 Å². The van der Waals surface area contributed by atoms with Gasteiger partial charge in [0.25, 0.3) is 10.0 Å². The number of alkyl halides is 3. The van der Waals surface area contributed by atoms with E-state index in [1.807, 2.05) is 0 Å². The van der Waals surface area contributed by atoms with Gasteiger partial charge in [-0.1, -0.05) is 24.3 Å². The molecule has 0 amide bonds. The number of nitrogens with zero attached hydrogens (tertiary/aromatic N) is 1. The minimum absolute atomic E-state index is 0.0470. The Labute approximate surface area is 194 Å². The van der Waals surface area contributed by atoms with Crippen molar-refractivity contribution in [3.05, 3.63) is 60.3 Å². The van der Waals surface area contributed by atoms with Crippen molar-refractivity contribution in [3.8, 4) is 0 Å². The molecule has 1 fully saturated rings. The fourth-order valence-electron chi connectivity index (χ4n) is 3.86. The maximum atomic E-state index is 13.8. The van der Waals surface area contributed by atoms with E-state index < -0.39 is 63.5 Å². The van der Waals surface area contributed by atoms with Crippen LogP contribution in [0.1, 0.15) is 18.4 Å². The SMILES string of the molecule is O=S1(=O)CCC(NS(=O)(=O)c2cn(S(=O)(=O)c3ccccc3)c3cccc(C(F)(F)F)c23)CC1. The number of hydrogen-bond donors (Lipinski definition) is 1. The van der Waals surface area contributed by atoms with Crippen molar-refractivity contribution in [2.24, 2.45) is 0 Å². The predicted molar refractivity (Wildman–Crippen MR) is 118 cm³/mol. The van der Waals surface area contributed by atoms with E-state index in [0.29, 0.717) is 16.2 Å². The summed E-state index contributed by atoms with van der Waals surface area (Å²) in [5.41, 5.74) is -1.76. The molecule has 0 bridgehead atoms. The molecule has 4 rings (SSSR count). The van der Waals surface area contributed by atoms with E-state index in [-0.39, 0.29) is 29.2 Å². The van der Waals surface area contributed by atoms with Gasteiger partial charge in [-0.05, 0) is 37.1 Å². The summed E-state index contributed by atoms with van der Waals surface area (Å²) in [6.07, 6.45) is -4.40. The lowest BCUT2D eigenvalue weighted by Crippen LogP contribution is -2.40. The van der Waals surface area contributed by atoms with Gasteiger partial charge in [-0.15, -0.1) is 0 Å². The van der Waals surface area contributed by atoms with Crippen LogP contribution in [0.25, 0.3) is 10.9 Å². The molecular formula is C20H19F3N2O6S3. The topological polar surface area (TPSA) is 119 Å². The quantitative estimate of drug-likeness (QED) is 0.536. The molecule has 1 N–H and O–H groups in total. The Hall–Kier alpha value is -2.42. The fourth-order valence-corrected chi connectivity index (χ4v) is 8.33. The van der Waals surface area contributed by atoms with Crippen molar-refractivity contribution < 1.29 is 38.4 Å². The molecule has 184 valence electrons. The number of nitrogens with one attached hydrogen (secondary N) is 1. The summed E-state index contributed by atoms with van der Waals surface area (Å²) in [4.78, 5) is -1.10. The van der Waals surface area contributed by atoms with Gasteiger partial charge in [-0.25, -0.2) is 33.9 Å². The number of halogens is 3. The molecule has 8 nitrogen and oxygen atoms in total. The minimum atomic E-state index is -4.97. The Morgan fingerprint density at radius 1 is 0.912 bits per heavy atom. The maximum absolute atomic E-state index is 13.8. The van der Waals surface area contributed by atoms with Gasteiger partial charge in [-0.3, -0.25) is 0 Å². The number of benzene rings is 2. The molecule has 3 aromatic rings. The summed E-state index contributed by atoms with van der Waals surface area (Å²) in [5, 5.41) is -0.787. The predicted octanol–water partition coefficient (Wildman–Crippen LogP) is 2.75. The van der Waals surface area contributed by atoms with E-state index in [2.05, 4.69) is 4.72 Å². The molecule has 1 aliphatic rings. The standard InChI is InChI=1S/C20H19F3N2O6S3/c21-20(22,23)16-7-4-8-17-19(16)18(13-25(17)34(30,31)15-5-2-1-3-6-15)33(28,29)24-14-9-11-32(26,27)12-10-14/h1-8,13-14,24H,9-12H2. The van der Waals surface area contributed by atoms with Gasteiger partial charge < -0.3 is 0 Å².